The number of esters is 6. The Labute approximate surface area is 277 Å². The summed E-state index contributed by atoms with van der Waals surface area (Å²) < 4.78 is 41.4. The van der Waals surface area contributed by atoms with Crippen molar-refractivity contribution in [2.45, 2.75) is 134 Å². The van der Waals surface area contributed by atoms with E-state index in [1.54, 1.807) is 13.8 Å². The third-order valence-corrected chi connectivity index (χ3v) is 10.5. The van der Waals surface area contributed by atoms with Crippen molar-refractivity contribution in [3.8, 4) is 0 Å². The second-order valence-corrected chi connectivity index (χ2v) is 13.7. The third-order valence-electron chi connectivity index (χ3n) is 9.96. The topological polar surface area (TPSA) is 191 Å². The van der Waals surface area contributed by atoms with Gasteiger partial charge in [0.15, 0.2) is 17.3 Å². The van der Waals surface area contributed by atoms with Gasteiger partial charge in [-0.15, -0.1) is 11.6 Å². The highest BCUT2D eigenvalue weighted by molar-refractivity contribution is 6.23. The van der Waals surface area contributed by atoms with E-state index < -0.39 is 112 Å². The summed E-state index contributed by atoms with van der Waals surface area (Å²) in [6, 6.07) is 0. The molecule has 2 saturated heterocycles. The number of alkyl halides is 1. The van der Waals surface area contributed by atoms with Gasteiger partial charge in [0.2, 0.25) is 0 Å². The van der Waals surface area contributed by atoms with E-state index in [-0.39, 0.29) is 18.4 Å². The zero-order valence-electron chi connectivity index (χ0n) is 27.7. The number of aliphatic hydroxyl groups is 1. The van der Waals surface area contributed by atoms with Crippen LogP contribution in [0.1, 0.15) is 74.7 Å². The minimum atomic E-state index is -2.47. The summed E-state index contributed by atoms with van der Waals surface area (Å²) in [4.78, 5) is 77.7. The molecule has 15 heteroatoms. The fourth-order valence-corrected chi connectivity index (χ4v) is 8.26. The molecule has 0 spiro atoms. The van der Waals surface area contributed by atoms with Gasteiger partial charge in [0, 0.05) is 40.5 Å². The largest absolute Gasteiger partial charge is 0.462 e. The minimum absolute atomic E-state index is 0.0186. The maximum Gasteiger partial charge on any atom is 0.312 e. The van der Waals surface area contributed by atoms with Crippen molar-refractivity contribution in [3.63, 3.8) is 0 Å². The Kier molecular flexibility index (Phi) is 10.1. The van der Waals surface area contributed by atoms with Crippen LogP contribution in [0.4, 0.5) is 0 Å². The maximum absolute atomic E-state index is 13.3. The average Bonchev–Trinajstić information content (AvgIpc) is 3.70. The summed E-state index contributed by atoms with van der Waals surface area (Å²) in [7, 11) is 0. The van der Waals surface area contributed by atoms with Crippen LogP contribution < -0.4 is 0 Å². The summed E-state index contributed by atoms with van der Waals surface area (Å²) in [5.41, 5.74) is -6.06. The smallest absolute Gasteiger partial charge is 0.312 e. The lowest BCUT2D eigenvalue weighted by molar-refractivity contribution is -0.296. The Morgan fingerprint density at radius 3 is 2.04 bits per heavy atom. The standard InChI is InChI=1S/C32H43ClO14/c1-10-11-21(38)44-20-12-19(41-15(4)34)30(8)25(31(20,9)47-18(7)37)28(43-17(6)36)32(40)14(3)29(39)46-26(32)22(33)13(2)23-24(45-23)27(30)42-16(5)35/h14,19-20,22-28,40H,2,10-12H2,1,3-9H3. The Hall–Kier alpha value is -3.23. The molecule has 4 aliphatic rings. The number of fused-ring (bicyclic) bond motifs is 3. The normalized spacial score (nSPS) is 42.3. The number of rotatable bonds is 7. The first-order chi connectivity index (χ1) is 21.7. The van der Waals surface area contributed by atoms with Crippen LogP contribution in [-0.4, -0.2) is 100 Å². The Morgan fingerprint density at radius 1 is 0.936 bits per heavy atom. The fraction of sp³-hybridized carbons (Fsp3) is 0.750. The molecular weight excluding hydrogens is 644 g/mol. The Bertz CT molecular complexity index is 1350. The van der Waals surface area contributed by atoms with E-state index in [2.05, 4.69) is 6.58 Å². The van der Waals surface area contributed by atoms with Gasteiger partial charge in [0.25, 0.3) is 0 Å². The van der Waals surface area contributed by atoms with Gasteiger partial charge in [-0.25, -0.2) is 0 Å². The molecule has 0 amide bonds. The van der Waals surface area contributed by atoms with Crippen LogP contribution in [0.15, 0.2) is 12.2 Å². The van der Waals surface area contributed by atoms with Crippen LogP contribution in [0.5, 0.6) is 0 Å². The van der Waals surface area contributed by atoms with E-state index >= 15 is 0 Å². The highest BCUT2D eigenvalue weighted by Crippen LogP contribution is 2.62. The molecule has 4 fully saturated rings. The Balaban J connectivity index is 2.16. The number of carbonyl (C=O) groups is 6. The van der Waals surface area contributed by atoms with Crippen LogP contribution in [0.2, 0.25) is 0 Å². The van der Waals surface area contributed by atoms with Crippen molar-refractivity contribution < 1.29 is 67.0 Å². The van der Waals surface area contributed by atoms with E-state index in [1.807, 2.05) is 0 Å². The number of hydrogen-bond acceptors (Lipinski definition) is 14. The van der Waals surface area contributed by atoms with Gasteiger partial charge < -0.3 is 38.3 Å². The van der Waals surface area contributed by atoms with Crippen molar-refractivity contribution in [1.29, 1.82) is 0 Å². The predicted molar refractivity (Wildman–Crippen MR) is 159 cm³/mol. The van der Waals surface area contributed by atoms with Crippen molar-refractivity contribution >= 4 is 47.4 Å². The molecule has 0 radical (unpaired) electrons. The Morgan fingerprint density at radius 2 is 1.51 bits per heavy atom. The van der Waals surface area contributed by atoms with Crippen LogP contribution in [0.25, 0.3) is 0 Å². The van der Waals surface area contributed by atoms with Crippen molar-refractivity contribution in [2.24, 2.45) is 17.3 Å². The zero-order valence-corrected chi connectivity index (χ0v) is 28.5. The van der Waals surface area contributed by atoms with Gasteiger partial charge in [-0.1, -0.05) is 20.4 Å². The van der Waals surface area contributed by atoms with Gasteiger partial charge in [-0.3, -0.25) is 28.8 Å². The van der Waals surface area contributed by atoms with Gasteiger partial charge in [-0.05, 0) is 25.8 Å². The molecule has 0 aromatic heterocycles. The van der Waals surface area contributed by atoms with Gasteiger partial charge >= 0.3 is 35.8 Å². The highest BCUT2D eigenvalue weighted by atomic mass is 35.5. The molecule has 13 unspecified atom stereocenters. The van der Waals surface area contributed by atoms with Crippen molar-refractivity contribution in [1.82, 2.24) is 0 Å². The van der Waals surface area contributed by atoms with Gasteiger partial charge in [0.05, 0.1) is 22.6 Å². The number of ether oxygens (including phenoxy) is 7. The van der Waals surface area contributed by atoms with Crippen molar-refractivity contribution in [2.75, 3.05) is 0 Å². The monoisotopic (exact) mass is 686 g/mol. The summed E-state index contributed by atoms with van der Waals surface area (Å²) in [6.45, 7) is 14.6. The number of carbonyl (C=O) groups excluding carboxylic acids is 6. The molecule has 14 nitrogen and oxygen atoms in total. The van der Waals surface area contributed by atoms with E-state index in [0.717, 1.165) is 27.7 Å². The first-order valence-corrected chi connectivity index (χ1v) is 16.0. The average molecular weight is 687 g/mol. The molecule has 1 N–H and O–H groups in total. The number of hydrogen-bond donors (Lipinski definition) is 1. The predicted octanol–water partition coefficient (Wildman–Crippen LogP) is 2.08. The van der Waals surface area contributed by atoms with Crippen molar-refractivity contribution in [3.05, 3.63) is 12.2 Å². The molecule has 0 aromatic carbocycles. The highest BCUT2D eigenvalue weighted by Gasteiger charge is 2.77. The SMILES string of the molecule is C=C1C(Cl)C2OC(=O)C(C)C2(O)C(OC(C)=O)C2C(C)(OC(C)=O)C(OC(=O)CCC)CC(OC(C)=O)C2(C)C(OC(C)=O)C2OC12. The fourth-order valence-electron chi connectivity index (χ4n) is 7.89. The second kappa shape index (κ2) is 13.0. The molecule has 2 saturated carbocycles. The first-order valence-electron chi connectivity index (χ1n) is 15.6. The van der Waals surface area contributed by atoms with Gasteiger partial charge in [-0.2, -0.15) is 0 Å². The quantitative estimate of drug-likeness (QED) is 0.135. The van der Waals surface area contributed by atoms with E-state index in [9.17, 15) is 33.9 Å². The molecule has 2 aliphatic carbocycles. The van der Waals surface area contributed by atoms with E-state index in [0.29, 0.717) is 6.42 Å². The summed E-state index contributed by atoms with van der Waals surface area (Å²) >= 11 is 6.87. The number of halogens is 1. The molecule has 2 heterocycles. The molecular formula is C32H43ClO14. The molecule has 13 atom stereocenters. The maximum atomic E-state index is 13.3. The van der Waals surface area contributed by atoms with Crippen LogP contribution in [0, 0.1) is 17.3 Å². The second-order valence-electron chi connectivity index (χ2n) is 13.2. The molecule has 4 rings (SSSR count). The molecule has 2 aliphatic heterocycles. The van der Waals surface area contributed by atoms with E-state index in [1.165, 1.54) is 13.8 Å². The minimum Gasteiger partial charge on any atom is -0.462 e. The zero-order chi connectivity index (χ0) is 35.4. The van der Waals surface area contributed by atoms with E-state index in [4.69, 9.17) is 44.8 Å². The lowest BCUT2D eigenvalue weighted by atomic mass is 9.50. The van der Waals surface area contributed by atoms with Crippen LogP contribution in [0.3, 0.4) is 0 Å². The van der Waals surface area contributed by atoms with Crippen LogP contribution in [-0.2, 0) is 61.9 Å². The molecule has 0 aromatic rings. The summed E-state index contributed by atoms with van der Waals surface area (Å²) in [5.74, 6) is -7.84. The lowest BCUT2D eigenvalue weighted by Gasteiger charge is -2.61. The third kappa shape index (κ3) is 6.24. The molecule has 0 bridgehead atoms. The molecule has 47 heavy (non-hydrogen) atoms. The summed E-state index contributed by atoms with van der Waals surface area (Å²) in [5, 5.41) is 11.5. The van der Waals surface area contributed by atoms with Gasteiger partial charge in [0.1, 0.15) is 36.6 Å². The van der Waals surface area contributed by atoms with Crippen LogP contribution >= 0.6 is 11.6 Å². The lowest BCUT2D eigenvalue weighted by Crippen LogP contribution is -2.76. The number of epoxide rings is 1. The summed E-state index contributed by atoms with van der Waals surface area (Å²) in [6.07, 6.45) is -9.24. The molecule has 262 valence electrons. The first kappa shape index (κ1) is 36.6.